The fourth-order valence-electron chi connectivity index (χ4n) is 3.34. The maximum absolute atomic E-state index is 12.9. The molecule has 1 aliphatic rings. The first-order valence-corrected chi connectivity index (χ1v) is 8.02. The van der Waals surface area contributed by atoms with E-state index in [1.165, 1.54) is 0 Å². The van der Waals surface area contributed by atoms with E-state index in [-0.39, 0.29) is 23.9 Å². The number of pyridine rings is 1. The van der Waals surface area contributed by atoms with Crippen LogP contribution >= 0.6 is 11.6 Å². The summed E-state index contributed by atoms with van der Waals surface area (Å²) in [7, 11) is 1.73. The fraction of sp³-hybridized carbons (Fsp3) is 0.158. The molecule has 5 heteroatoms. The number of carbonyl (C=O) groups is 1. The molecule has 0 aliphatic carbocycles. The van der Waals surface area contributed by atoms with Gasteiger partial charge in [-0.3, -0.25) is 9.59 Å². The van der Waals surface area contributed by atoms with Crippen molar-refractivity contribution in [2.45, 2.75) is 12.3 Å². The van der Waals surface area contributed by atoms with Gasteiger partial charge in [0.1, 0.15) is 5.75 Å². The van der Waals surface area contributed by atoms with Gasteiger partial charge >= 0.3 is 5.97 Å². The summed E-state index contributed by atoms with van der Waals surface area (Å²) in [5.74, 6) is -0.330. The number of hydrogen-bond acceptors (Lipinski definition) is 3. The predicted octanol–water partition coefficient (Wildman–Crippen LogP) is 3.63. The Bertz CT molecular complexity index is 1040. The molecule has 0 amide bonds. The Morgan fingerprint density at radius 1 is 1.12 bits per heavy atom. The van der Waals surface area contributed by atoms with Crippen molar-refractivity contribution >= 4 is 28.5 Å². The highest BCUT2D eigenvalue weighted by atomic mass is 35.5. The molecule has 0 bridgehead atoms. The van der Waals surface area contributed by atoms with Crippen LogP contribution in [-0.4, -0.2) is 10.5 Å². The van der Waals surface area contributed by atoms with Crippen LogP contribution in [0.25, 0.3) is 10.9 Å². The number of hydrogen-bond donors (Lipinski definition) is 0. The lowest BCUT2D eigenvalue weighted by Crippen LogP contribution is -2.31. The predicted molar refractivity (Wildman–Crippen MR) is 92.7 cm³/mol. The number of ether oxygens (including phenoxy) is 1. The third-order valence-corrected chi connectivity index (χ3v) is 4.71. The Kier molecular flexibility index (Phi) is 3.43. The second kappa shape index (κ2) is 5.49. The quantitative estimate of drug-likeness (QED) is 0.636. The van der Waals surface area contributed by atoms with Crippen molar-refractivity contribution in [3.05, 3.63) is 75.0 Å². The molecule has 2 aromatic carbocycles. The lowest BCUT2D eigenvalue weighted by Gasteiger charge is -2.26. The monoisotopic (exact) mass is 339 g/mol. The van der Waals surface area contributed by atoms with Gasteiger partial charge in [-0.05, 0) is 29.8 Å². The highest BCUT2D eigenvalue weighted by molar-refractivity contribution is 6.30. The van der Waals surface area contributed by atoms with Gasteiger partial charge in [0.05, 0.1) is 17.5 Å². The first-order chi connectivity index (χ1) is 11.6. The molecular weight excluding hydrogens is 326 g/mol. The van der Waals surface area contributed by atoms with Crippen LogP contribution in [0, 0.1) is 0 Å². The zero-order chi connectivity index (χ0) is 16.8. The summed E-state index contributed by atoms with van der Waals surface area (Å²) in [6.07, 6.45) is 0.126. The molecule has 24 heavy (non-hydrogen) atoms. The Labute approximate surface area is 143 Å². The van der Waals surface area contributed by atoms with E-state index in [4.69, 9.17) is 16.3 Å². The van der Waals surface area contributed by atoms with Crippen molar-refractivity contribution in [3.8, 4) is 5.75 Å². The molecule has 0 unspecified atom stereocenters. The van der Waals surface area contributed by atoms with Crippen LogP contribution in [0.3, 0.4) is 0 Å². The van der Waals surface area contributed by atoms with Gasteiger partial charge in [0, 0.05) is 23.4 Å². The van der Waals surface area contributed by atoms with Crippen molar-refractivity contribution in [2.75, 3.05) is 0 Å². The molecule has 2 heterocycles. The highest BCUT2D eigenvalue weighted by Crippen LogP contribution is 2.40. The molecular formula is C19H14ClNO3. The number of benzene rings is 2. The second-order valence-electron chi connectivity index (χ2n) is 5.91. The molecule has 0 fully saturated rings. The molecule has 0 radical (unpaired) electrons. The number of aromatic nitrogens is 1. The molecule has 0 spiro atoms. The summed E-state index contributed by atoms with van der Waals surface area (Å²) in [6.45, 7) is 0. The molecule has 4 rings (SSSR count). The standard InChI is InChI=1S/C19H14ClNO3/c1-21-15-8-3-2-7-13(15)18-17(19(21)23)14(10-16(22)24-18)11-5-4-6-12(20)9-11/h2-9,14H,10H2,1H3/t14-/m1/s1. The lowest BCUT2D eigenvalue weighted by molar-refractivity contribution is -0.135. The zero-order valence-electron chi connectivity index (χ0n) is 13.0. The van der Waals surface area contributed by atoms with Gasteiger partial charge in [-0.1, -0.05) is 35.9 Å². The molecule has 120 valence electrons. The van der Waals surface area contributed by atoms with Crippen molar-refractivity contribution in [2.24, 2.45) is 7.05 Å². The van der Waals surface area contributed by atoms with Crippen LogP contribution < -0.4 is 10.3 Å². The number of nitrogens with zero attached hydrogens (tertiary/aromatic N) is 1. The summed E-state index contributed by atoms with van der Waals surface area (Å²) < 4.78 is 7.08. The number of para-hydroxylation sites is 1. The average Bonchev–Trinajstić information content (AvgIpc) is 2.59. The van der Waals surface area contributed by atoms with Gasteiger partial charge in [-0.25, -0.2) is 0 Å². The minimum atomic E-state index is -0.358. The molecule has 4 nitrogen and oxygen atoms in total. The normalized spacial score (nSPS) is 16.8. The van der Waals surface area contributed by atoms with E-state index in [0.29, 0.717) is 16.3 Å². The number of fused-ring (bicyclic) bond motifs is 3. The summed E-state index contributed by atoms with van der Waals surface area (Å²) in [6, 6.07) is 14.7. The number of aryl methyl sites for hydroxylation is 1. The molecule has 1 aromatic heterocycles. The Hall–Kier alpha value is -2.59. The largest absolute Gasteiger partial charge is 0.425 e. The number of halogens is 1. The zero-order valence-corrected chi connectivity index (χ0v) is 13.7. The molecule has 0 N–H and O–H groups in total. The highest BCUT2D eigenvalue weighted by Gasteiger charge is 2.33. The molecule has 1 aliphatic heterocycles. The minimum absolute atomic E-state index is 0.126. The second-order valence-corrected chi connectivity index (χ2v) is 6.35. The molecule has 3 aromatic rings. The van der Waals surface area contributed by atoms with Gasteiger partial charge in [0.25, 0.3) is 5.56 Å². The van der Waals surface area contributed by atoms with Gasteiger partial charge in [-0.2, -0.15) is 0 Å². The summed E-state index contributed by atoms with van der Waals surface area (Å²) >= 11 is 6.09. The Morgan fingerprint density at radius 3 is 2.71 bits per heavy atom. The smallest absolute Gasteiger partial charge is 0.312 e. The van der Waals surface area contributed by atoms with E-state index in [1.807, 2.05) is 36.4 Å². The van der Waals surface area contributed by atoms with Crippen LogP contribution in [0.15, 0.2) is 53.3 Å². The van der Waals surface area contributed by atoms with E-state index < -0.39 is 0 Å². The number of esters is 1. The fourth-order valence-corrected chi connectivity index (χ4v) is 3.54. The van der Waals surface area contributed by atoms with Gasteiger partial charge < -0.3 is 9.30 Å². The summed E-state index contributed by atoms with van der Waals surface area (Å²) in [5, 5.41) is 1.33. The third kappa shape index (κ3) is 2.22. The number of carbonyl (C=O) groups excluding carboxylic acids is 1. The van der Waals surface area contributed by atoms with Crippen molar-refractivity contribution in [1.29, 1.82) is 0 Å². The topological polar surface area (TPSA) is 48.3 Å². The van der Waals surface area contributed by atoms with E-state index in [0.717, 1.165) is 16.5 Å². The van der Waals surface area contributed by atoms with Crippen molar-refractivity contribution < 1.29 is 9.53 Å². The maximum atomic E-state index is 12.9. The lowest BCUT2D eigenvalue weighted by atomic mass is 9.86. The van der Waals surface area contributed by atoms with E-state index >= 15 is 0 Å². The summed E-state index contributed by atoms with van der Waals surface area (Å²) in [4.78, 5) is 25.1. The SMILES string of the molecule is Cn1c(=O)c2c(c3ccccc31)OC(=O)C[C@@H]2c1cccc(Cl)c1. The first kappa shape index (κ1) is 15.0. The third-order valence-electron chi connectivity index (χ3n) is 4.48. The van der Waals surface area contributed by atoms with E-state index in [2.05, 4.69) is 0 Å². The van der Waals surface area contributed by atoms with E-state index in [9.17, 15) is 9.59 Å². The van der Waals surface area contributed by atoms with Crippen molar-refractivity contribution in [3.63, 3.8) is 0 Å². The minimum Gasteiger partial charge on any atom is -0.425 e. The first-order valence-electron chi connectivity index (χ1n) is 7.64. The molecule has 1 atom stereocenters. The molecule has 0 saturated heterocycles. The van der Waals surface area contributed by atoms with Crippen LogP contribution in [0.4, 0.5) is 0 Å². The van der Waals surface area contributed by atoms with E-state index in [1.54, 1.807) is 23.7 Å². The maximum Gasteiger partial charge on any atom is 0.312 e. The number of rotatable bonds is 1. The Balaban J connectivity index is 2.07. The van der Waals surface area contributed by atoms with Gasteiger partial charge in [0.15, 0.2) is 0 Å². The average molecular weight is 340 g/mol. The van der Waals surface area contributed by atoms with Gasteiger partial charge in [0.2, 0.25) is 0 Å². The van der Waals surface area contributed by atoms with Crippen LogP contribution in [0.2, 0.25) is 5.02 Å². The van der Waals surface area contributed by atoms with Crippen LogP contribution in [-0.2, 0) is 11.8 Å². The van der Waals surface area contributed by atoms with Crippen LogP contribution in [0.5, 0.6) is 5.75 Å². The molecule has 0 saturated carbocycles. The van der Waals surface area contributed by atoms with Crippen LogP contribution in [0.1, 0.15) is 23.5 Å². The summed E-state index contributed by atoms with van der Waals surface area (Å²) in [5.41, 5.74) is 1.94. The Morgan fingerprint density at radius 2 is 1.92 bits per heavy atom. The van der Waals surface area contributed by atoms with Crippen molar-refractivity contribution in [1.82, 2.24) is 4.57 Å². The van der Waals surface area contributed by atoms with Gasteiger partial charge in [-0.15, -0.1) is 0 Å².